The third-order valence-corrected chi connectivity index (χ3v) is 3.87. The Bertz CT molecular complexity index is 802. The Balaban J connectivity index is 1.65. The van der Waals surface area contributed by atoms with Crippen LogP contribution >= 0.6 is 0 Å². The molecular formula is C20H22N4O6. The maximum Gasteiger partial charge on any atom is 0.260 e. The molecule has 0 radical (unpaired) electrons. The average molecular weight is 414 g/mol. The van der Waals surface area contributed by atoms with E-state index in [0.29, 0.717) is 10.1 Å². The molecule has 0 unspecified atom stereocenters. The topological polar surface area (TPSA) is 139 Å². The van der Waals surface area contributed by atoms with Gasteiger partial charge in [0.2, 0.25) is 11.8 Å². The summed E-state index contributed by atoms with van der Waals surface area (Å²) in [6.07, 6.45) is -1.15. The lowest BCUT2D eigenvalue weighted by atomic mass is 10.3. The van der Waals surface area contributed by atoms with Crippen molar-refractivity contribution in [3.05, 3.63) is 60.7 Å². The van der Waals surface area contributed by atoms with Crippen LogP contribution in [0.4, 0.5) is 11.4 Å². The number of amides is 4. The Morgan fingerprint density at radius 3 is 1.30 bits per heavy atom. The highest BCUT2D eigenvalue weighted by Crippen LogP contribution is 2.12. The maximum atomic E-state index is 11.9. The van der Waals surface area contributed by atoms with Crippen LogP contribution in [0.5, 0.6) is 0 Å². The number of carbonyl (C=O) groups excluding carboxylic acids is 4. The number of carbonyl (C=O) groups is 4. The van der Waals surface area contributed by atoms with Gasteiger partial charge in [0, 0.05) is 13.1 Å². The highest BCUT2D eigenvalue weighted by atomic mass is 16.5. The minimum atomic E-state index is -0.808. The number of benzene rings is 2. The molecule has 0 spiro atoms. The summed E-state index contributed by atoms with van der Waals surface area (Å²) in [6.45, 7) is 0.0364. The van der Waals surface area contributed by atoms with Crippen LogP contribution in [0.2, 0.25) is 0 Å². The van der Waals surface area contributed by atoms with Crippen LogP contribution in [-0.2, 0) is 19.2 Å². The van der Waals surface area contributed by atoms with Crippen molar-refractivity contribution in [2.75, 3.05) is 23.2 Å². The van der Waals surface area contributed by atoms with Gasteiger partial charge in [-0.2, -0.15) is 10.1 Å². The number of anilines is 2. The van der Waals surface area contributed by atoms with Crippen LogP contribution in [0, 0.1) is 0 Å². The summed E-state index contributed by atoms with van der Waals surface area (Å²) in [6, 6.07) is 16.0. The Morgan fingerprint density at radius 1 is 0.633 bits per heavy atom. The zero-order valence-corrected chi connectivity index (χ0v) is 16.0. The van der Waals surface area contributed by atoms with Crippen molar-refractivity contribution in [2.24, 2.45) is 0 Å². The SMILES string of the molecule is O=C(CC(=O)N(O)c1ccccc1)NCCNC(=O)CC(=O)N(O)c1ccccc1. The molecule has 0 saturated carbocycles. The molecule has 10 nitrogen and oxygen atoms in total. The quantitative estimate of drug-likeness (QED) is 0.208. The van der Waals surface area contributed by atoms with Gasteiger partial charge in [-0.25, -0.2) is 0 Å². The van der Waals surface area contributed by atoms with E-state index >= 15 is 0 Å². The Kier molecular flexibility index (Phi) is 8.48. The number of hydrogen-bond acceptors (Lipinski definition) is 6. The van der Waals surface area contributed by atoms with Crippen molar-refractivity contribution in [1.29, 1.82) is 0 Å². The van der Waals surface area contributed by atoms with Gasteiger partial charge >= 0.3 is 0 Å². The number of nitrogens with one attached hydrogen (secondary N) is 2. The number of nitrogens with zero attached hydrogens (tertiary/aromatic N) is 2. The van der Waals surface area contributed by atoms with Crippen molar-refractivity contribution in [3.63, 3.8) is 0 Å². The predicted octanol–water partition coefficient (Wildman–Crippen LogP) is 0.844. The molecule has 0 aliphatic rings. The second kappa shape index (κ2) is 11.3. The Hall–Kier alpha value is -3.76. The van der Waals surface area contributed by atoms with Crippen LogP contribution in [0.1, 0.15) is 12.8 Å². The first kappa shape index (κ1) is 22.5. The summed E-state index contributed by atoms with van der Waals surface area (Å²) in [7, 11) is 0. The molecule has 10 heteroatoms. The zero-order chi connectivity index (χ0) is 21.9. The van der Waals surface area contributed by atoms with Gasteiger partial charge in [-0.3, -0.25) is 29.6 Å². The minimum Gasteiger partial charge on any atom is -0.354 e. The molecule has 30 heavy (non-hydrogen) atoms. The molecule has 2 aromatic carbocycles. The van der Waals surface area contributed by atoms with E-state index in [1.165, 1.54) is 24.3 Å². The van der Waals surface area contributed by atoms with Crippen LogP contribution in [0.15, 0.2) is 60.7 Å². The fraction of sp³-hybridized carbons (Fsp3) is 0.200. The van der Waals surface area contributed by atoms with E-state index < -0.39 is 36.5 Å². The first-order valence-corrected chi connectivity index (χ1v) is 9.05. The molecule has 158 valence electrons. The average Bonchev–Trinajstić information content (AvgIpc) is 2.76. The first-order valence-electron chi connectivity index (χ1n) is 9.05. The molecule has 0 aromatic heterocycles. The lowest BCUT2D eigenvalue weighted by molar-refractivity contribution is -0.132. The van der Waals surface area contributed by atoms with Crippen molar-refractivity contribution < 1.29 is 29.6 Å². The van der Waals surface area contributed by atoms with Gasteiger partial charge in [-0.15, -0.1) is 0 Å². The first-order chi connectivity index (χ1) is 14.4. The van der Waals surface area contributed by atoms with E-state index in [1.54, 1.807) is 36.4 Å². The van der Waals surface area contributed by atoms with Gasteiger partial charge in [-0.1, -0.05) is 36.4 Å². The summed E-state index contributed by atoms with van der Waals surface area (Å²) >= 11 is 0. The van der Waals surface area contributed by atoms with E-state index in [0.717, 1.165) is 0 Å². The largest absolute Gasteiger partial charge is 0.354 e. The smallest absolute Gasteiger partial charge is 0.260 e. The van der Waals surface area contributed by atoms with Crippen molar-refractivity contribution >= 4 is 35.0 Å². The standard InChI is InChI=1S/C20H22N4O6/c25-17(13-19(27)23(29)15-7-3-1-4-8-15)21-11-12-22-18(26)14-20(28)24(30)16-9-5-2-6-10-16/h1-10,29-30H,11-14H2,(H,21,25)(H,22,26). The highest BCUT2D eigenvalue weighted by Gasteiger charge is 2.18. The number of rotatable bonds is 9. The molecular weight excluding hydrogens is 392 g/mol. The van der Waals surface area contributed by atoms with Gasteiger partial charge in [-0.05, 0) is 24.3 Å². The lowest BCUT2D eigenvalue weighted by Gasteiger charge is -2.15. The van der Waals surface area contributed by atoms with E-state index in [2.05, 4.69) is 10.6 Å². The van der Waals surface area contributed by atoms with Crippen molar-refractivity contribution in [1.82, 2.24) is 10.6 Å². The van der Waals surface area contributed by atoms with Crippen LogP contribution in [-0.4, -0.2) is 47.1 Å². The summed E-state index contributed by atoms with van der Waals surface area (Å²) in [5.41, 5.74) is 0.473. The van der Waals surface area contributed by atoms with Crippen molar-refractivity contribution in [3.8, 4) is 0 Å². The third kappa shape index (κ3) is 7.00. The molecule has 0 heterocycles. The fourth-order valence-corrected chi connectivity index (χ4v) is 2.38. The van der Waals surface area contributed by atoms with Gasteiger partial charge in [0.05, 0.1) is 11.4 Å². The molecule has 2 rings (SSSR count). The van der Waals surface area contributed by atoms with Crippen LogP contribution in [0.3, 0.4) is 0 Å². The van der Waals surface area contributed by atoms with Crippen LogP contribution in [0.25, 0.3) is 0 Å². The fourth-order valence-electron chi connectivity index (χ4n) is 2.38. The Labute approximate surface area is 172 Å². The van der Waals surface area contributed by atoms with E-state index in [-0.39, 0.29) is 24.5 Å². The summed E-state index contributed by atoms with van der Waals surface area (Å²) in [5, 5.41) is 25.2. The lowest BCUT2D eigenvalue weighted by Crippen LogP contribution is -2.39. The molecule has 0 atom stereocenters. The second-order valence-electron chi connectivity index (χ2n) is 6.14. The van der Waals surface area contributed by atoms with E-state index in [9.17, 15) is 29.6 Å². The highest BCUT2D eigenvalue weighted by molar-refractivity contribution is 6.04. The van der Waals surface area contributed by atoms with Crippen molar-refractivity contribution in [2.45, 2.75) is 12.8 Å². The zero-order valence-electron chi connectivity index (χ0n) is 16.0. The molecule has 0 aliphatic carbocycles. The molecule has 2 aromatic rings. The number of hydroxylamine groups is 2. The molecule has 0 bridgehead atoms. The van der Waals surface area contributed by atoms with Gasteiger partial charge in [0.25, 0.3) is 11.8 Å². The number of para-hydroxylation sites is 2. The third-order valence-electron chi connectivity index (χ3n) is 3.87. The second-order valence-corrected chi connectivity index (χ2v) is 6.14. The number of hydrogen-bond donors (Lipinski definition) is 4. The molecule has 4 N–H and O–H groups in total. The predicted molar refractivity (Wildman–Crippen MR) is 107 cm³/mol. The van der Waals surface area contributed by atoms with Gasteiger partial charge in [0.1, 0.15) is 12.8 Å². The van der Waals surface area contributed by atoms with Crippen LogP contribution < -0.4 is 20.8 Å². The van der Waals surface area contributed by atoms with E-state index in [4.69, 9.17) is 0 Å². The maximum absolute atomic E-state index is 11.9. The normalized spacial score (nSPS) is 10.1. The molecule has 4 amide bonds. The Morgan fingerprint density at radius 2 is 0.967 bits per heavy atom. The summed E-state index contributed by atoms with van der Waals surface area (Å²) < 4.78 is 0. The summed E-state index contributed by atoms with van der Waals surface area (Å²) in [4.78, 5) is 47.3. The minimum absolute atomic E-state index is 0.0182. The summed E-state index contributed by atoms with van der Waals surface area (Å²) in [5.74, 6) is -2.88. The van der Waals surface area contributed by atoms with E-state index in [1.807, 2.05) is 0 Å². The monoisotopic (exact) mass is 414 g/mol. The molecule has 0 fully saturated rings. The molecule has 0 saturated heterocycles. The molecule has 0 aliphatic heterocycles. The van der Waals surface area contributed by atoms with Gasteiger partial charge < -0.3 is 10.6 Å². The van der Waals surface area contributed by atoms with Gasteiger partial charge in [0.15, 0.2) is 0 Å².